The lowest BCUT2D eigenvalue weighted by atomic mass is 10.1. The van der Waals surface area contributed by atoms with Gasteiger partial charge in [0, 0.05) is 0 Å². The number of hydrogen-bond acceptors (Lipinski definition) is 4. The van der Waals surface area contributed by atoms with Gasteiger partial charge in [-0.3, -0.25) is 4.79 Å². The fourth-order valence-corrected chi connectivity index (χ4v) is 1.56. The SMILES string of the molecule is COC(=O)C(=O)c1ccccc1Oc1ccccc1. The lowest BCUT2D eigenvalue weighted by Gasteiger charge is -2.09. The topological polar surface area (TPSA) is 52.6 Å². The molecule has 2 aromatic carbocycles. The second-order valence-corrected chi connectivity index (χ2v) is 3.73. The van der Waals surface area contributed by atoms with Crippen LogP contribution < -0.4 is 4.74 Å². The van der Waals surface area contributed by atoms with Gasteiger partial charge in [-0.1, -0.05) is 30.3 Å². The first-order chi connectivity index (χ1) is 9.22. The number of ether oxygens (including phenoxy) is 2. The summed E-state index contributed by atoms with van der Waals surface area (Å²) in [5.74, 6) is -0.727. The smallest absolute Gasteiger partial charge is 0.379 e. The summed E-state index contributed by atoms with van der Waals surface area (Å²) in [4.78, 5) is 23.1. The summed E-state index contributed by atoms with van der Waals surface area (Å²) in [6, 6.07) is 15.6. The molecule has 0 atom stereocenters. The van der Waals surface area contributed by atoms with Gasteiger partial charge in [0.15, 0.2) is 0 Å². The lowest BCUT2D eigenvalue weighted by molar-refractivity contribution is -0.135. The van der Waals surface area contributed by atoms with E-state index in [9.17, 15) is 9.59 Å². The van der Waals surface area contributed by atoms with Crippen LogP contribution in [0.5, 0.6) is 11.5 Å². The van der Waals surface area contributed by atoms with Crippen molar-refractivity contribution in [2.75, 3.05) is 7.11 Å². The van der Waals surface area contributed by atoms with Gasteiger partial charge in [-0.05, 0) is 24.3 Å². The van der Waals surface area contributed by atoms with E-state index in [0.29, 0.717) is 11.5 Å². The minimum Gasteiger partial charge on any atom is -0.463 e. The third-order valence-corrected chi connectivity index (χ3v) is 2.47. The molecule has 0 spiro atoms. The molecule has 0 heterocycles. The first-order valence-electron chi connectivity index (χ1n) is 5.67. The largest absolute Gasteiger partial charge is 0.463 e. The highest BCUT2D eigenvalue weighted by molar-refractivity contribution is 6.41. The predicted molar refractivity (Wildman–Crippen MR) is 69.3 cm³/mol. The molecule has 4 nitrogen and oxygen atoms in total. The van der Waals surface area contributed by atoms with E-state index in [-0.39, 0.29) is 5.56 Å². The van der Waals surface area contributed by atoms with Crippen LogP contribution in [0.15, 0.2) is 54.6 Å². The molecule has 0 aromatic heterocycles. The molecular formula is C15H12O4. The van der Waals surface area contributed by atoms with Gasteiger partial charge in [-0.15, -0.1) is 0 Å². The second kappa shape index (κ2) is 5.82. The summed E-state index contributed by atoms with van der Waals surface area (Å²) < 4.78 is 10.0. The van der Waals surface area contributed by atoms with Crippen LogP contribution in [0, 0.1) is 0 Å². The summed E-state index contributed by atoms with van der Waals surface area (Å²) in [6.07, 6.45) is 0. The Morgan fingerprint density at radius 2 is 1.53 bits per heavy atom. The summed E-state index contributed by atoms with van der Waals surface area (Å²) in [7, 11) is 1.17. The van der Waals surface area contributed by atoms with E-state index in [1.165, 1.54) is 13.2 Å². The molecule has 0 aliphatic carbocycles. The van der Waals surface area contributed by atoms with Gasteiger partial charge >= 0.3 is 5.97 Å². The average Bonchev–Trinajstić information content (AvgIpc) is 2.47. The van der Waals surface area contributed by atoms with E-state index < -0.39 is 11.8 Å². The number of methoxy groups -OCH3 is 1. The number of hydrogen-bond donors (Lipinski definition) is 0. The number of benzene rings is 2. The summed E-state index contributed by atoms with van der Waals surface area (Å²) >= 11 is 0. The third-order valence-electron chi connectivity index (χ3n) is 2.47. The second-order valence-electron chi connectivity index (χ2n) is 3.73. The van der Waals surface area contributed by atoms with Gasteiger partial charge in [0.1, 0.15) is 11.5 Å². The van der Waals surface area contributed by atoms with Crippen LogP contribution >= 0.6 is 0 Å². The molecule has 0 unspecified atom stereocenters. The first-order valence-corrected chi connectivity index (χ1v) is 5.67. The van der Waals surface area contributed by atoms with Crippen LogP contribution in [0.2, 0.25) is 0 Å². The van der Waals surface area contributed by atoms with E-state index in [1.807, 2.05) is 18.2 Å². The molecule has 19 heavy (non-hydrogen) atoms. The number of ketones is 1. The van der Waals surface area contributed by atoms with Crippen molar-refractivity contribution in [3.05, 3.63) is 60.2 Å². The fourth-order valence-electron chi connectivity index (χ4n) is 1.56. The van der Waals surface area contributed by atoms with Gasteiger partial charge in [0.05, 0.1) is 12.7 Å². The van der Waals surface area contributed by atoms with Crippen molar-refractivity contribution in [1.82, 2.24) is 0 Å². The first kappa shape index (κ1) is 12.8. The van der Waals surface area contributed by atoms with E-state index >= 15 is 0 Å². The van der Waals surface area contributed by atoms with Crippen molar-refractivity contribution in [3.63, 3.8) is 0 Å². The Kier molecular flexibility index (Phi) is 3.93. The number of esters is 1. The zero-order valence-electron chi connectivity index (χ0n) is 10.3. The molecule has 0 aliphatic heterocycles. The van der Waals surface area contributed by atoms with E-state index in [2.05, 4.69) is 4.74 Å². The molecule has 0 radical (unpaired) electrons. The Hall–Kier alpha value is -2.62. The maximum absolute atomic E-state index is 11.8. The van der Waals surface area contributed by atoms with Gasteiger partial charge in [0.2, 0.25) is 0 Å². The van der Waals surface area contributed by atoms with Crippen LogP contribution in [0.1, 0.15) is 10.4 Å². The quantitative estimate of drug-likeness (QED) is 0.479. The summed E-state index contributed by atoms with van der Waals surface area (Å²) in [5, 5.41) is 0. The van der Waals surface area contributed by atoms with Crippen LogP contribution in [-0.2, 0) is 9.53 Å². The maximum atomic E-state index is 11.8. The summed E-state index contributed by atoms with van der Waals surface area (Å²) in [5.41, 5.74) is 0.179. The molecule has 0 bridgehead atoms. The minimum atomic E-state index is -0.913. The Morgan fingerprint density at radius 1 is 0.895 bits per heavy atom. The number of carbonyl (C=O) groups excluding carboxylic acids is 2. The number of rotatable bonds is 4. The zero-order chi connectivity index (χ0) is 13.7. The zero-order valence-corrected chi connectivity index (χ0v) is 10.3. The lowest BCUT2D eigenvalue weighted by Crippen LogP contribution is -2.16. The highest BCUT2D eigenvalue weighted by Gasteiger charge is 2.20. The van der Waals surface area contributed by atoms with Crippen molar-refractivity contribution < 1.29 is 19.1 Å². The Balaban J connectivity index is 2.31. The van der Waals surface area contributed by atoms with E-state index in [0.717, 1.165) is 0 Å². The van der Waals surface area contributed by atoms with Crippen LogP contribution in [0.4, 0.5) is 0 Å². The van der Waals surface area contributed by atoms with E-state index in [1.54, 1.807) is 30.3 Å². The normalized spacial score (nSPS) is 9.74. The van der Waals surface area contributed by atoms with Crippen LogP contribution in [0.25, 0.3) is 0 Å². The van der Waals surface area contributed by atoms with Crippen molar-refractivity contribution in [1.29, 1.82) is 0 Å². The molecule has 0 aliphatic rings. The Labute approximate surface area is 110 Å². The molecule has 0 fully saturated rings. The monoisotopic (exact) mass is 256 g/mol. The minimum absolute atomic E-state index is 0.179. The maximum Gasteiger partial charge on any atom is 0.379 e. The molecule has 4 heteroatoms. The molecule has 2 aromatic rings. The van der Waals surface area contributed by atoms with Crippen molar-refractivity contribution in [3.8, 4) is 11.5 Å². The molecule has 0 saturated carbocycles. The molecule has 96 valence electrons. The summed E-state index contributed by atoms with van der Waals surface area (Å²) in [6.45, 7) is 0. The highest BCUT2D eigenvalue weighted by atomic mass is 16.5. The van der Waals surface area contributed by atoms with Gasteiger partial charge in [-0.25, -0.2) is 4.79 Å². The van der Waals surface area contributed by atoms with Gasteiger partial charge in [0.25, 0.3) is 5.78 Å². The number of carbonyl (C=O) groups is 2. The van der Waals surface area contributed by atoms with Crippen LogP contribution in [-0.4, -0.2) is 18.9 Å². The van der Waals surface area contributed by atoms with Crippen molar-refractivity contribution >= 4 is 11.8 Å². The van der Waals surface area contributed by atoms with Gasteiger partial charge < -0.3 is 9.47 Å². The number of Topliss-reactive ketones (excluding diaryl/α,β-unsaturated/α-hetero) is 1. The molecule has 0 amide bonds. The van der Waals surface area contributed by atoms with Crippen LogP contribution in [0.3, 0.4) is 0 Å². The highest BCUT2D eigenvalue weighted by Crippen LogP contribution is 2.25. The fraction of sp³-hybridized carbons (Fsp3) is 0.0667. The predicted octanol–water partition coefficient (Wildman–Crippen LogP) is 2.83. The van der Waals surface area contributed by atoms with Crippen molar-refractivity contribution in [2.24, 2.45) is 0 Å². The van der Waals surface area contributed by atoms with Crippen molar-refractivity contribution in [2.45, 2.75) is 0 Å². The molecule has 0 N–H and O–H groups in total. The molecule has 2 rings (SSSR count). The average molecular weight is 256 g/mol. The molecular weight excluding hydrogens is 244 g/mol. The Morgan fingerprint density at radius 3 is 2.21 bits per heavy atom. The number of para-hydroxylation sites is 2. The third kappa shape index (κ3) is 2.98. The van der Waals surface area contributed by atoms with E-state index in [4.69, 9.17) is 4.74 Å². The van der Waals surface area contributed by atoms with Gasteiger partial charge in [-0.2, -0.15) is 0 Å². The standard InChI is InChI=1S/C15H12O4/c1-18-15(17)14(16)12-9-5-6-10-13(12)19-11-7-3-2-4-8-11/h2-10H,1H3. The Bertz CT molecular complexity index is 590. The molecule has 0 saturated heterocycles.